The maximum absolute atomic E-state index is 9.93. The van der Waals surface area contributed by atoms with Gasteiger partial charge in [0.15, 0.2) is 0 Å². The van der Waals surface area contributed by atoms with Gasteiger partial charge in [0.05, 0.1) is 5.60 Å². The number of β-amino-alcohol motifs (C(OH)–C–C–N with tert-alkyl or cyclic N) is 1. The normalized spacial score (nSPS) is 17.3. The summed E-state index contributed by atoms with van der Waals surface area (Å²) in [6, 6.07) is 6.43. The minimum absolute atomic E-state index is 0.580. The second kappa shape index (κ2) is 7.01. The molecule has 0 aliphatic carbocycles. The minimum Gasteiger partial charge on any atom is -0.389 e. The van der Waals surface area contributed by atoms with Crippen molar-refractivity contribution >= 4 is 17.4 Å². The van der Waals surface area contributed by atoms with Gasteiger partial charge in [-0.05, 0) is 32.2 Å². The van der Waals surface area contributed by atoms with Crippen molar-refractivity contribution in [2.75, 3.05) is 43.9 Å². The van der Waals surface area contributed by atoms with Crippen LogP contribution in [-0.2, 0) is 6.54 Å². The van der Waals surface area contributed by atoms with Gasteiger partial charge in [0, 0.05) is 55.4 Å². The molecule has 1 aromatic carbocycles. The first-order valence-corrected chi connectivity index (χ1v) is 8.72. The summed E-state index contributed by atoms with van der Waals surface area (Å²) in [5.74, 6) is 0. The lowest BCUT2D eigenvalue weighted by molar-refractivity contribution is 0.0345. The van der Waals surface area contributed by atoms with Crippen molar-refractivity contribution in [3.05, 3.63) is 23.8 Å². The van der Waals surface area contributed by atoms with Crippen LogP contribution < -0.4 is 10.6 Å². The van der Waals surface area contributed by atoms with Crippen LogP contribution >= 0.6 is 11.8 Å². The fourth-order valence-electron chi connectivity index (χ4n) is 2.94. The van der Waals surface area contributed by atoms with Crippen LogP contribution in [0, 0.1) is 0 Å². The highest BCUT2D eigenvalue weighted by atomic mass is 32.2. The van der Waals surface area contributed by atoms with Crippen LogP contribution in [0.4, 0.5) is 5.69 Å². The summed E-state index contributed by atoms with van der Waals surface area (Å²) in [7, 11) is 0. The fraction of sp³-hybridized carbons (Fsp3) is 0.625. The monoisotopic (exact) mass is 309 g/mol. The Balaban J connectivity index is 2.06. The van der Waals surface area contributed by atoms with Gasteiger partial charge in [-0.1, -0.05) is 6.07 Å². The minimum atomic E-state index is -0.622. The summed E-state index contributed by atoms with van der Waals surface area (Å²) < 4.78 is 0. The number of hydrogen-bond donors (Lipinski definition) is 2. The molecule has 0 bridgehead atoms. The molecule has 0 spiro atoms. The molecule has 0 amide bonds. The molecule has 1 fully saturated rings. The molecule has 0 aromatic heterocycles. The van der Waals surface area contributed by atoms with Crippen LogP contribution in [0.3, 0.4) is 0 Å². The van der Waals surface area contributed by atoms with E-state index in [2.05, 4.69) is 34.3 Å². The van der Waals surface area contributed by atoms with Gasteiger partial charge in [-0.25, -0.2) is 0 Å². The first-order valence-electron chi connectivity index (χ1n) is 7.50. The maximum Gasteiger partial charge on any atom is 0.0718 e. The molecule has 5 heteroatoms. The predicted molar refractivity (Wildman–Crippen MR) is 91.1 cm³/mol. The fourth-order valence-corrected chi connectivity index (χ4v) is 3.59. The average molecular weight is 309 g/mol. The van der Waals surface area contributed by atoms with Crippen molar-refractivity contribution in [1.29, 1.82) is 0 Å². The van der Waals surface area contributed by atoms with Gasteiger partial charge in [0.1, 0.15) is 0 Å². The molecule has 0 atom stereocenters. The molecular weight excluding hydrogens is 282 g/mol. The van der Waals surface area contributed by atoms with Gasteiger partial charge >= 0.3 is 0 Å². The highest BCUT2D eigenvalue weighted by molar-refractivity contribution is 7.98. The number of hydrogen-bond acceptors (Lipinski definition) is 5. The van der Waals surface area contributed by atoms with Crippen LogP contribution in [0.15, 0.2) is 23.1 Å². The first kappa shape index (κ1) is 16.6. The van der Waals surface area contributed by atoms with Crippen LogP contribution in [0.5, 0.6) is 0 Å². The standard InChI is InChI=1S/C16H27N3OS/c1-16(2,20)12-18-7-9-19(10-8-18)14-5-4-6-15(21-3)13(14)11-17/h4-6,20H,7-12,17H2,1-3H3. The van der Waals surface area contributed by atoms with Gasteiger partial charge in [0.2, 0.25) is 0 Å². The van der Waals surface area contributed by atoms with E-state index in [1.807, 2.05) is 13.8 Å². The largest absolute Gasteiger partial charge is 0.389 e. The van der Waals surface area contributed by atoms with E-state index in [-0.39, 0.29) is 0 Å². The summed E-state index contributed by atoms with van der Waals surface area (Å²) in [6.45, 7) is 8.99. The molecule has 1 aliphatic rings. The number of nitrogens with two attached hydrogens (primary N) is 1. The van der Waals surface area contributed by atoms with Crippen molar-refractivity contribution in [3.63, 3.8) is 0 Å². The summed E-state index contributed by atoms with van der Waals surface area (Å²) in [6.07, 6.45) is 2.10. The van der Waals surface area contributed by atoms with E-state index in [0.717, 1.165) is 32.7 Å². The molecule has 1 saturated heterocycles. The highest BCUT2D eigenvalue weighted by Gasteiger charge is 2.24. The van der Waals surface area contributed by atoms with Crippen LogP contribution in [-0.4, -0.2) is 54.6 Å². The first-order chi connectivity index (χ1) is 9.94. The van der Waals surface area contributed by atoms with Crippen LogP contribution in [0.2, 0.25) is 0 Å². The Kier molecular flexibility index (Phi) is 5.54. The van der Waals surface area contributed by atoms with Crippen molar-refractivity contribution in [2.45, 2.75) is 30.9 Å². The Bertz CT molecular complexity index is 465. The Morgan fingerprint density at radius 1 is 1.24 bits per heavy atom. The van der Waals surface area contributed by atoms with E-state index in [9.17, 15) is 5.11 Å². The Morgan fingerprint density at radius 3 is 2.43 bits per heavy atom. The van der Waals surface area contributed by atoms with Crippen molar-refractivity contribution in [2.24, 2.45) is 5.73 Å². The number of aliphatic hydroxyl groups is 1. The summed E-state index contributed by atoms with van der Waals surface area (Å²) in [4.78, 5) is 6.02. The van der Waals surface area contributed by atoms with Gasteiger partial charge < -0.3 is 15.7 Å². The van der Waals surface area contributed by atoms with Gasteiger partial charge in [-0.2, -0.15) is 0 Å². The van der Waals surface area contributed by atoms with Crippen LogP contribution in [0.25, 0.3) is 0 Å². The molecule has 3 N–H and O–H groups in total. The molecule has 0 saturated carbocycles. The van der Waals surface area contributed by atoms with Gasteiger partial charge in [-0.15, -0.1) is 11.8 Å². The average Bonchev–Trinajstić information content (AvgIpc) is 2.45. The zero-order chi connectivity index (χ0) is 15.5. The Morgan fingerprint density at radius 2 is 1.90 bits per heavy atom. The van der Waals surface area contributed by atoms with E-state index in [0.29, 0.717) is 6.54 Å². The number of thioether (sulfide) groups is 1. The van der Waals surface area contributed by atoms with E-state index >= 15 is 0 Å². The third kappa shape index (κ3) is 4.36. The quantitative estimate of drug-likeness (QED) is 0.812. The molecule has 0 unspecified atom stereocenters. The smallest absolute Gasteiger partial charge is 0.0718 e. The SMILES string of the molecule is CSc1cccc(N2CCN(CC(C)(C)O)CC2)c1CN. The predicted octanol–water partition coefficient (Wildman–Crippen LogP) is 1.76. The molecule has 0 radical (unpaired) electrons. The second-order valence-electron chi connectivity index (χ2n) is 6.24. The molecule has 1 aliphatic heterocycles. The van der Waals surface area contributed by atoms with E-state index in [1.54, 1.807) is 11.8 Å². The van der Waals surface area contributed by atoms with E-state index < -0.39 is 5.60 Å². The molecular formula is C16H27N3OS. The van der Waals surface area contributed by atoms with Crippen molar-refractivity contribution in [3.8, 4) is 0 Å². The molecule has 1 aromatic rings. The van der Waals surface area contributed by atoms with Crippen LogP contribution in [0.1, 0.15) is 19.4 Å². The number of anilines is 1. The second-order valence-corrected chi connectivity index (χ2v) is 7.09. The zero-order valence-electron chi connectivity index (χ0n) is 13.3. The molecule has 118 valence electrons. The number of benzene rings is 1. The van der Waals surface area contributed by atoms with Gasteiger partial charge in [0.25, 0.3) is 0 Å². The van der Waals surface area contributed by atoms with Crippen molar-refractivity contribution < 1.29 is 5.11 Å². The molecule has 1 heterocycles. The van der Waals surface area contributed by atoms with E-state index in [1.165, 1.54) is 16.1 Å². The Labute approximate surface area is 132 Å². The molecule has 21 heavy (non-hydrogen) atoms. The zero-order valence-corrected chi connectivity index (χ0v) is 14.1. The lowest BCUT2D eigenvalue weighted by Crippen LogP contribution is -2.50. The number of nitrogens with zero attached hydrogens (tertiary/aromatic N) is 2. The molecule has 4 nitrogen and oxygen atoms in total. The summed E-state index contributed by atoms with van der Waals surface area (Å²) in [5.41, 5.74) is 7.86. The highest BCUT2D eigenvalue weighted by Crippen LogP contribution is 2.30. The third-order valence-electron chi connectivity index (χ3n) is 3.86. The third-order valence-corrected chi connectivity index (χ3v) is 4.68. The van der Waals surface area contributed by atoms with Crippen molar-refractivity contribution in [1.82, 2.24) is 4.90 Å². The number of piperazine rings is 1. The summed E-state index contributed by atoms with van der Waals surface area (Å²) >= 11 is 1.76. The van der Waals surface area contributed by atoms with Gasteiger partial charge in [-0.3, -0.25) is 4.90 Å². The number of rotatable bonds is 5. The maximum atomic E-state index is 9.93. The lowest BCUT2D eigenvalue weighted by Gasteiger charge is -2.39. The summed E-state index contributed by atoms with van der Waals surface area (Å²) in [5, 5.41) is 9.93. The van der Waals surface area contributed by atoms with E-state index in [4.69, 9.17) is 5.73 Å². The molecule has 2 rings (SSSR count). The lowest BCUT2D eigenvalue weighted by atomic mass is 10.1. The topological polar surface area (TPSA) is 52.7 Å². The Hall–Kier alpha value is -0.750.